The monoisotopic (exact) mass is 401 g/mol. The number of hydrogen-bond donors (Lipinski definition) is 1. The lowest BCUT2D eigenvalue weighted by molar-refractivity contribution is -0.124. The number of fused-ring (bicyclic) bond motifs is 5. The number of nitrogens with zero attached hydrogens (tertiary/aromatic N) is 4. The number of hydrogen-bond acceptors (Lipinski definition) is 7. The molecule has 1 fully saturated rings. The number of benzene rings is 1. The summed E-state index contributed by atoms with van der Waals surface area (Å²) in [4.78, 5) is 34.7. The summed E-state index contributed by atoms with van der Waals surface area (Å²) < 4.78 is 4.82. The number of carbonyl (C=O) groups excluding carboxylic acids is 2. The van der Waals surface area contributed by atoms with Crippen molar-refractivity contribution in [2.24, 2.45) is 5.41 Å². The molecule has 2 aliphatic rings. The van der Waals surface area contributed by atoms with E-state index in [9.17, 15) is 20.1 Å². The lowest BCUT2D eigenvalue weighted by atomic mass is 9.67. The van der Waals surface area contributed by atoms with Crippen LogP contribution in [-0.4, -0.2) is 29.0 Å². The van der Waals surface area contributed by atoms with Crippen molar-refractivity contribution in [1.82, 2.24) is 9.97 Å². The molecular weight excluding hydrogens is 382 g/mol. The second-order valence-electron chi connectivity index (χ2n) is 8.09. The largest absolute Gasteiger partial charge is 0.465 e. The van der Waals surface area contributed by atoms with E-state index in [0.29, 0.717) is 23.5 Å². The lowest BCUT2D eigenvalue weighted by Crippen LogP contribution is -2.47. The number of nitrogens with one attached hydrogen (secondary N) is 1. The van der Waals surface area contributed by atoms with Crippen molar-refractivity contribution < 1.29 is 14.3 Å². The molecule has 2 aromatic rings. The summed E-state index contributed by atoms with van der Waals surface area (Å²) in [6.45, 7) is 3.97. The van der Waals surface area contributed by atoms with Gasteiger partial charge < -0.3 is 10.1 Å². The number of methoxy groups -OCH3 is 1. The maximum absolute atomic E-state index is 13.7. The first kappa shape index (κ1) is 19.5. The highest BCUT2D eigenvalue weighted by Gasteiger charge is 2.68. The first-order valence-corrected chi connectivity index (χ1v) is 9.53. The lowest BCUT2D eigenvalue weighted by Gasteiger charge is -2.36. The van der Waals surface area contributed by atoms with Gasteiger partial charge in [0.1, 0.15) is 12.1 Å². The number of rotatable bonds is 3. The first-order valence-electron chi connectivity index (χ1n) is 9.53. The maximum Gasteiger partial charge on any atom is 0.339 e. The van der Waals surface area contributed by atoms with E-state index in [-0.39, 0.29) is 28.8 Å². The number of amides is 1. The average Bonchev–Trinajstić information content (AvgIpc) is 3.13. The Morgan fingerprint density at radius 2 is 1.83 bits per heavy atom. The molecule has 8 heteroatoms. The standard InChI is InChI=1S/C22H19N5O3/c1-21(2)13-8-9-22(21,18-17(13)25-15(10-23)16(11-24)26-18)20(29)27-14-7-5-4-6-12(14)19(28)30-3/h4-7,13H,8-9H2,1-3H3,(H,27,29). The Kier molecular flexibility index (Phi) is 4.32. The van der Waals surface area contributed by atoms with E-state index in [0.717, 1.165) is 6.42 Å². The maximum atomic E-state index is 13.7. The molecule has 1 amide bonds. The van der Waals surface area contributed by atoms with Gasteiger partial charge in [0.25, 0.3) is 0 Å². The third kappa shape index (κ3) is 2.37. The number of ether oxygens (including phenoxy) is 1. The molecule has 0 spiro atoms. The molecule has 1 aromatic carbocycles. The fourth-order valence-electron chi connectivity index (χ4n) is 5.03. The fraction of sp³-hybridized carbons (Fsp3) is 0.364. The highest BCUT2D eigenvalue weighted by atomic mass is 16.5. The molecule has 2 aliphatic carbocycles. The molecule has 1 aromatic heterocycles. The van der Waals surface area contributed by atoms with E-state index in [1.807, 2.05) is 26.0 Å². The zero-order valence-corrected chi connectivity index (χ0v) is 16.8. The molecule has 0 radical (unpaired) electrons. The van der Waals surface area contributed by atoms with E-state index in [1.54, 1.807) is 24.3 Å². The minimum Gasteiger partial charge on any atom is -0.465 e. The number of para-hydroxylation sites is 1. The SMILES string of the molecule is COC(=O)c1ccccc1NC(=O)C12CCC(c3nc(C#N)c(C#N)nc31)C2(C)C. The zero-order valence-electron chi connectivity index (χ0n) is 16.8. The Morgan fingerprint density at radius 1 is 1.17 bits per heavy atom. The number of carbonyl (C=O) groups is 2. The van der Waals surface area contributed by atoms with Crippen LogP contribution in [0.5, 0.6) is 0 Å². The minimum absolute atomic E-state index is 0.0220. The second-order valence-corrected chi connectivity index (χ2v) is 8.09. The van der Waals surface area contributed by atoms with Gasteiger partial charge in [0.15, 0.2) is 11.4 Å². The van der Waals surface area contributed by atoms with Crippen molar-refractivity contribution in [1.29, 1.82) is 10.5 Å². The van der Waals surface area contributed by atoms with Gasteiger partial charge in [0.05, 0.1) is 35.2 Å². The van der Waals surface area contributed by atoms with Crippen LogP contribution < -0.4 is 5.32 Å². The van der Waals surface area contributed by atoms with Gasteiger partial charge in [-0.15, -0.1) is 0 Å². The van der Waals surface area contributed by atoms with Crippen LogP contribution in [0.4, 0.5) is 5.69 Å². The van der Waals surface area contributed by atoms with Gasteiger partial charge >= 0.3 is 5.97 Å². The summed E-state index contributed by atoms with van der Waals surface area (Å²) in [6.07, 6.45) is 1.26. The van der Waals surface area contributed by atoms with E-state index < -0.39 is 16.8 Å². The predicted octanol–water partition coefficient (Wildman–Crippen LogP) is 2.80. The number of aromatic nitrogens is 2. The van der Waals surface area contributed by atoms with E-state index in [4.69, 9.17) is 4.74 Å². The van der Waals surface area contributed by atoms with Crippen LogP contribution in [-0.2, 0) is 14.9 Å². The van der Waals surface area contributed by atoms with Gasteiger partial charge in [-0.3, -0.25) is 4.79 Å². The Bertz CT molecular complexity index is 1170. The summed E-state index contributed by atoms with van der Waals surface area (Å²) in [6, 6.07) is 10.5. The third-order valence-electron chi connectivity index (χ3n) is 6.62. The minimum atomic E-state index is -1.02. The summed E-state index contributed by atoms with van der Waals surface area (Å²) in [5.74, 6) is -0.918. The zero-order chi connectivity index (χ0) is 21.7. The molecule has 1 N–H and O–H groups in total. The Hall–Kier alpha value is -3.78. The highest BCUT2D eigenvalue weighted by molar-refractivity contribution is 6.05. The molecule has 2 bridgehead atoms. The smallest absolute Gasteiger partial charge is 0.339 e. The van der Waals surface area contributed by atoms with Crippen LogP contribution in [0.3, 0.4) is 0 Å². The van der Waals surface area contributed by atoms with Crippen LogP contribution in [0.15, 0.2) is 24.3 Å². The first-order chi connectivity index (χ1) is 14.3. The van der Waals surface area contributed by atoms with Crippen LogP contribution in [0.2, 0.25) is 0 Å². The molecule has 0 saturated heterocycles. The average molecular weight is 401 g/mol. The molecule has 2 unspecified atom stereocenters. The summed E-state index contributed by atoms with van der Waals surface area (Å²) in [5, 5.41) is 21.6. The van der Waals surface area contributed by atoms with Crippen molar-refractivity contribution in [2.45, 2.75) is 38.0 Å². The van der Waals surface area contributed by atoms with Gasteiger partial charge in [0.2, 0.25) is 5.91 Å². The van der Waals surface area contributed by atoms with Crippen molar-refractivity contribution in [3.8, 4) is 12.1 Å². The van der Waals surface area contributed by atoms with Gasteiger partial charge in [-0.2, -0.15) is 10.5 Å². The van der Waals surface area contributed by atoms with Crippen molar-refractivity contribution in [3.05, 3.63) is 52.6 Å². The summed E-state index contributed by atoms with van der Waals surface area (Å²) in [5.41, 5.74) is -0.000511. The molecule has 1 saturated carbocycles. The van der Waals surface area contributed by atoms with Crippen molar-refractivity contribution >= 4 is 17.6 Å². The van der Waals surface area contributed by atoms with Crippen LogP contribution in [0, 0.1) is 28.1 Å². The molecule has 150 valence electrons. The Labute approximate surface area is 173 Å². The van der Waals surface area contributed by atoms with Crippen LogP contribution in [0.25, 0.3) is 0 Å². The van der Waals surface area contributed by atoms with Crippen LogP contribution >= 0.6 is 0 Å². The fourth-order valence-corrected chi connectivity index (χ4v) is 5.03. The van der Waals surface area contributed by atoms with E-state index in [1.165, 1.54) is 7.11 Å². The topological polar surface area (TPSA) is 129 Å². The molecule has 2 atom stereocenters. The summed E-state index contributed by atoms with van der Waals surface area (Å²) in [7, 11) is 1.28. The molecule has 1 heterocycles. The van der Waals surface area contributed by atoms with Crippen LogP contribution in [0.1, 0.15) is 65.7 Å². The number of nitriles is 2. The van der Waals surface area contributed by atoms with E-state index in [2.05, 4.69) is 15.3 Å². The van der Waals surface area contributed by atoms with E-state index >= 15 is 0 Å². The molecule has 8 nitrogen and oxygen atoms in total. The Balaban J connectivity index is 1.84. The normalized spacial score (nSPS) is 22.5. The predicted molar refractivity (Wildman–Crippen MR) is 105 cm³/mol. The van der Waals surface area contributed by atoms with Gasteiger partial charge in [-0.25, -0.2) is 14.8 Å². The van der Waals surface area contributed by atoms with Gasteiger partial charge in [0, 0.05) is 5.92 Å². The third-order valence-corrected chi connectivity index (χ3v) is 6.62. The Morgan fingerprint density at radius 3 is 2.50 bits per heavy atom. The van der Waals surface area contributed by atoms with Gasteiger partial charge in [-0.05, 0) is 30.4 Å². The molecule has 0 aliphatic heterocycles. The molecule has 4 rings (SSSR count). The second kappa shape index (κ2) is 6.64. The number of esters is 1. The summed E-state index contributed by atoms with van der Waals surface area (Å²) >= 11 is 0. The van der Waals surface area contributed by atoms with Gasteiger partial charge in [-0.1, -0.05) is 26.0 Å². The number of anilines is 1. The molecular formula is C22H19N5O3. The molecule has 30 heavy (non-hydrogen) atoms. The van der Waals surface area contributed by atoms with Crippen molar-refractivity contribution in [2.75, 3.05) is 12.4 Å². The van der Waals surface area contributed by atoms with Crippen molar-refractivity contribution in [3.63, 3.8) is 0 Å². The highest BCUT2D eigenvalue weighted by Crippen LogP contribution is 2.67. The quantitative estimate of drug-likeness (QED) is 0.783.